The van der Waals surface area contributed by atoms with Gasteiger partial charge in [0.15, 0.2) is 0 Å². The van der Waals surface area contributed by atoms with Crippen molar-refractivity contribution in [3.63, 3.8) is 0 Å². The van der Waals surface area contributed by atoms with Crippen LogP contribution in [0.4, 0.5) is 5.69 Å². The molecule has 2 N–H and O–H groups in total. The molecule has 0 aromatic heterocycles. The summed E-state index contributed by atoms with van der Waals surface area (Å²) < 4.78 is 0. The number of halogens is 2. The van der Waals surface area contributed by atoms with E-state index in [4.69, 9.17) is 23.2 Å². The second kappa shape index (κ2) is 8.92. The van der Waals surface area contributed by atoms with E-state index in [-0.39, 0.29) is 24.4 Å². The summed E-state index contributed by atoms with van der Waals surface area (Å²) in [6.07, 6.45) is 0. The minimum atomic E-state index is -0.254. The fourth-order valence-corrected chi connectivity index (χ4v) is 3.00. The number of amides is 2. The zero-order valence-corrected chi connectivity index (χ0v) is 16.4. The fraction of sp³-hybridized carbons (Fsp3) is 0.263. The van der Waals surface area contributed by atoms with Gasteiger partial charge < -0.3 is 15.5 Å². The fourth-order valence-electron chi connectivity index (χ4n) is 2.43. The normalized spacial score (nSPS) is 11.6. The number of anilines is 1. The predicted octanol–water partition coefficient (Wildman–Crippen LogP) is 3.98. The molecule has 2 amide bonds. The van der Waals surface area contributed by atoms with Crippen molar-refractivity contribution in [2.24, 2.45) is 0 Å². The highest BCUT2D eigenvalue weighted by atomic mass is 35.5. The van der Waals surface area contributed by atoms with Crippen molar-refractivity contribution in [3.05, 3.63) is 63.6 Å². The highest BCUT2D eigenvalue weighted by Gasteiger charge is 2.13. The highest BCUT2D eigenvalue weighted by molar-refractivity contribution is 6.35. The number of carbonyl (C=O) groups excluding carboxylic acids is 2. The van der Waals surface area contributed by atoms with Gasteiger partial charge in [-0.3, -0.25) is 9.59 Å². The Bertz CT molecular complexity index is 809. The summed E-state index contributed by atoms with van der Waals surface area (Å²) in [5, 5.41) is 6.96. The smallest absolute Gasteiger partial charge is 0.253 e. The van der Waals surface area contributed by atoms with E-state index in [1.807, 2.05) is 6.92 Å². The number of benzene rings is 2. The minimum absolute atomic E-state index is 0.0785. The van der Waals surface area contributed by atoms with Crippen LogP contribution in [0.25, 0.3) is 0 Å². The summed E-state index contributed by atoms with van der Waals surface area (Å²) in [5.74, 6) is -0.281. The van der Waals surface area contributed by atoms with E-state index in [1.54, 1.807) is 56.6 Å². The summed E-state index contributed by atoms with van der Waals surface area (Å²) in [7, 11) is 3.39. The number of carbonyl (C=O) groups is 2. The SMILES string of the molecule is C[C@H](NC(=O)CNc1cccc(C(=O)N(C)C)c1)c1ccc(Cl)cc1Cl. The van der Waals surface area contributed by atoms with Crippen LogP contribution in [0.5, 0.6) is 0 Å². The molecule has 0 fully saturated rings. The van der Waals surface area contributed by atoms with Gasteiger partial charge in [0.25, 0.3) is 5.91 Å². The molecule has 0 saturated carbocycles. The van der Waals surface area contributed by atoms with Gasteiger partial charge in [-0.1, -0.05) is 35.3 Å². The van der Waals surface area contributed by atoms with E-state index in [0.717, 1.165) is 5.56 Å². The Morgan fingerprint density at radius 2 is 1.85 bits per heavy atom. The van der Waals surface area contributed by atoms with Gasteiger partial charge in [0.05, 0.1) is 12.6 Å². The van der Waals surface area contributed by atoms with Gasteiger partial charge in [-0.15, -0.1) is 0 Å². The van der Waals surface area contributed by atoms with Crippen LogP contribution in [-0.2, 0) is 4.79 Å². The lowest BCUT2D eigenvalue weighted by Gasteiger charge is -2.17. The van der Waals surface area contributed by atoms with Gasteiger partial charge in [-0.2, -0.15) is 0 Å². The monoisotopic (exact) mass is 393 g/mol. The topological polar surface area (TPSA) is 61.4 Å². The van der Waals surface area contributed by atoms with E-state index in [2.05, 4.69) is 10.6 Å². The van der Waals surface area contributed by atoms with Crippen molar-refractivity contribution in [1.29, 1.82) is 0 Å². The average molecular weight is 394 g/mol. The molecule has 0 unspecified atom stereocenters. The first-order valence-electron chi connectivity index (χ1n) is 8.08. The van der Waals surface area contributed by atoms with Gasteiger partial charge in [0, 0.05) is 35.4 Å². The van der Waals surface area contributed by atoms with Crippen LogP contribution in [0.2, 0.25) is 10.0 Å². The van der Waals surface area contributed by atoms with Crippen molar-refractivity contribution in [2.75, 3.05) is 26.0 Å². The molecule has 1 atom stereocenters. The van der Waals surface area contributed by atoms with E-state index in [9.17, 15) is 9.59 Å². The Labute approximate surface area is 163 Å². The molecule has 0 radical (unpaired) electrons. The van der Waals surface area contributed by atoms with Gasteiger partial charge in [0.1, 0.15) is 0 Å². The summed E-state index contributed by atoms with van der Waals surface area (Å²) >= 11 is 12.1. The van der Waals surface area contributed by atoms with Crippen LogP contribution in [0.1, 0.15) is 28.9 Å². The lowest BCUT2D eigenvalue weighted by atomic mass is 10.1. The number of hydrogen-bond donors (Lipinski definition) is 2. The molecule has 0 aliphatic heterocycles. The highest BCUT2D eigenvalue weighted by Crippen LogP contribution is 2.26. The molecule has 26 heavy (non-hydrogen) atoms. The molecule has 2 rings (SSSR count). The molecular weight excluding hydrogens is 373 g/mol. The molecule has 2 aromatic rings. The molecule has 2 aromatic carbocycles. The van der Waals surface area contributed by atoms with Crippen LogP contribution in [0, 0.1) is 0 Å². The first-order chi connectivity index (χ1) is 12.3. The second-order valence-corrected chi connectivity index (χ2v) is 6.93. The van der Waals surface area contributed by atoms with Crippen LogP contribution in [0.3, 0.4) is 0 Å². The Morgan fingerprint density at radius 3 is 2.50 bits per heavy atom. The molecule has 7 heteroatoms. The van der Waals surface area contributed by atoms with Crippen LogP contribution >= 0.6 is 23.2 Å². The standard InChI is InChI=1S/C19H21Cl2N3O2/c1-12(16-8-7-14(20)10-17(16)21)23-18(25)11-22-15-6-4-5-13(9-15)19(26)24(2)3/h4-10,12,22H,11H2,1-3H3,(H,23,25)/t12-/m0/s1. The predicted molar refractivity (Wildman–Crippen MR) is 106 cm³/mol. The van der Waals surface area contributed by atoms with Gasteiger partial charge in [-0.25, -0.2) is 0 Å². The van der Waals surface area contributed by atoms with Gasteiger partial charge in [0.2, 0.25) is 5.91 Å². The first-order valence-corrected chi connectivity index (χ1v) is 8.83. The summed E-state index contributed by atoms with van der Waals surface area (Å²) in [5.41, 5.74) is 2.05. The Kier molecular flexibility index (Phi) is 6.89. The van der Waals surface area contributed by atoms with E-state index >= 15 is 0 Å². The molecule has 0 bridgehead atoms. The number of rotatable bonds is 6. The van der Waals surface area contributed by atoms with E-state index < -0.39 is 0 Å². The van der Waals surface area contributed by atoms with Crippen molar-refractivity contribution in [2.45, 2.75) is 13.0 Å². The third kappa shape index (κ3) is 5.38. The van der Waals surface area contributed by atoms with Crippen LogP contribution in [-0.4, -0.2) is 37.4 Å². The minimum Gasteiger partial charge on any atom is -0.376 e. The Hall–Kier alpha value is -2.24. The number of hydrogen-bond acceptors (Lipinski definition) is 3. The van der Waals surface area contributed by atoms with Crippen molar-refractivity contribution in [3.8, 4) is 0 Å². The second-order valence-electron chi connectivity index (χ2n) is 6.09. The molecule has 138 valence electrons. The first kappa shape index (κ1) is 20.1. The quantitative estimate of drug-likeness (QED) is 0.779. The third-order valence-corrected chi connectivity index (χ3v) is 4.34. The summed E-state index contributed by atoms with van der Waals surface area (Å²) in [4.78, 5) is 25.7. The molecule has 0 heterocycles. The van der Waals surface area contributed by atoms with Gasteiger partial charge >= 0.3 is 0 Å². The Morgan fingerprint density at radius 1 is 1.12 bits per heavy atom. The van der Waals surface area contributed by atoms with Crippen LogP contribution in [0.15, 0.2) is 42.5 Å². The molecular formula is C19H21Cl2N3O2. The summed E-state index contributed by atoms with van der Waals surface area (Å²) in [6, 6.07) is 11.9. The Balaban J connectivity index is 1.94. The number of nitrogens with zero attached hydrogens (tertiary/aromatic N) is 1. The lowest BCUT2D eigenvalue weighted by molar-refractivity contribution is -0.120. The number of nitrogens with one attached hydrogen (secondary N) is 2. The van der Waals surface area contributed by atoms with Crippen LogP contribution < -0.4 is 10.6 Å². The lowest BCUT2D eigenvalue weighted by Crippen LogP contribution is -2.32. The van der Waals surface area contributed by atoms with Crippen molar-refractivity contribution < 1.29 is 9.59 Å². The molecule has 0 aliphatic rings. The van der Waals surface area contributed by atoms with E-state index in [0.29, 0.717) is 21.3 Å². The maximum absolute atomic E-state index is 12.2. The largest absolute Gasteiger partial charge is 0.376 e. The molecule has 0 saturated heterocycles. The maximum atomic E-state index is 12.2. The zero-order chi connectivity index (χ0) is 19.3. The van der Waals surface area contributed by atoms with Crippen molar-refractivity contribution >= 4 is 40.7 Å². The maximum Gasteiger partial charge on any atom is 0.253 e. The molecule has 0 aliphatic carbocycles. The average Bonchev–Trinajstić information content (AvgIpc) is 2.59. The molecule has 0 spiro atoms. The van der Waals surface area contributed by atoms with Crippen molar-refractivity contribution in [1.82, 2.24) is 10.2 Å². The summed E-state index contributed by atoms with van der Waals surface area (Å²) in [6.45, 7) is 1.93. The molecule has 5 nitrogen and oxygen atoms in total. The van der Waals surface area contributed by atoms with Gasteiger partial charge in [-0.05, 0) is 42.8 Å². The third-order valence-electron chi connectivity index (χ3n) is 3.78. The van der Waals surface area contributed by atoms with E-state index in [1.165, 1.54) is 4.90 Å². The zero-order valence-electron chi connectivity index (χ0n) is 14.8.